The monoisotopic (exact) mass is 358 g/mol. The van der Waals surface area contributed by atoms with E-state index >= 15 is 0 Å². The van der Waals surface area contributed by atoms with Gasteiger partial charge in [0, 0.05) is 4.47 Å². The van der Waals surface area contributed by atoms with Crippen LogP contribution < -0.4 is 0 Å². The summed E-state index contributed by atoms with van der Waals surface area (Å²) < 4.78 is 50.3. The number of phenols is 1. The van der Waals surface area contributed by atoms with E-state index < -0.39 is 18.8 Å². The lowest BCUT2D eigenvalue weighted by atomic mass is 10.2. The first kappa shape index (κ1) is 16.6. The van der Waals surface area contributed by atoms with Crippen molar-refractivity contribution in [2.45, 2.75) is 19.5 Å². The Morgan fingerprint density at radius 3 is 2.32 bits per heavy atom. The molecule has 0 aliphatic heterocycles. The molecule has 0 heterocycles. The number of phenolic OH excluding ortho intramolecular Hbond substituents is 1. The summed E-state index contributed by atoms with van der Waals surface area (Å²) in [6.45, 7) is 2.53. The van der Waals surface area contributed by atoms with Gasteiger partial charge in [0.2, 0.25) is 0 Å². The molecular formula is C11H14BrF2O4P. The Morgan fingerprint density at radius 2 is 1.84 bits per heavy atom. The summed E-state index contributed by atoms with van der Waals surface area (Å²) in [4.78, 5) is 0. The molecule has 0 bridgehead atoms. The van der Waals surface area contributed by atoms with Crippen molar-refractivity contribution < 1.29 is 27.5 Å². The van der Waals surface area contributed by atoms with Crippen LogP contribution in [0.5, 0.6) is 5.75 Å². The number of rotatable bonds is 6. The van der Waals surface area contributed by atoms with E-state index in [1.807, 2.05) is 0 Å². The number of alkyl halides is 2. The number of aromatic hydroxyl groups is 1. The molecule has 0 spiro atoms. The van der Waals surface area contributed by atoms with Crippen LogP contribution in [0.4, 0.5) is 8.78 Å². The van der Waals surface area contributed by atoms with Gasteiger partial charge in [-0.25, -0.2) is 0 Å². The summed E-state index contributed by atoms with van der Waals surface area (Å²) in [5.41, 5.74) is -4.51. The topological polar surface area (TPSA) is 55.8 Å². The molecule has 108 valence electrons. The molecule has 0 saturated carbocycles. The van der Waals surface area contributed by atoms with Gasteiger partial charge in [-0.05, 0) is 32.0 Å². The molecule has 0 aliphatic carbocycles. The highest BCUT2D eigenvalue weighted by Crippen LogP contribution is 2.67. The molecule has 0 atom stereocenters. The zero-order chi connectivity index (χ0) is 14.7. The molecule has 0 aliphatic rings. The molecule has 19 heavy (non-hydrogen) atoms. The van der Waals surface area contributed by atoms with E-state index in [0.29, 0.717) is 0 Å². The molecule has 0 aromatic heterocycles. The largest absolute Gasteiger partial charge is 0.508 e. The lowest BCUT2D eigenvalue weighted by Crippen LogP contribution is -2.18. The van der Waals surface area contributed by atoms with Crippen molar-refractivity contribution in [3.8, 4) is 5.75 Å². The van der Waals surface area contributed by atoms with Crippen molar-refractivity contribution in [3.63, 3.8) is 0 Å². The number of benzene rings is 1. The van der Waals surface area contributed by atoms with Gasteiger partial charge in [0.25, 0.3) is 0 Å². The second-order valence-corrected chi connectivity index (χ2v) is 6.47. The van der Waals surface area contributed by atoms with Gasteiger partial charge in [0.05, 0.1) is 18.8 Å². The number of halogens is 3. The molecule has 0 radical (unpaired) electrons. The quantitative estimate of drug-likeness (QED) is 0.762. The fourth-order valence-corrected chi connectivity index (χ4v) is 3.64. The van der Waals surface area contributed by atoms with Crippen LogP contribution in [0.15, 0.2) is 22.7 Å². The molecule has 0 saturated heterocycles. The van der Waals surface area contributed by atoms with E-state index in [0.717, 1.165) is 6.07 Å². The standard InChI is InChI=1S/C11H14BrF2O4P/c1-3-17-19(16,18-4-2)11(13,14)9-7-8(15)5-6-10(9)12/h5-7,15H,3-4H2,1-2H3. The smallest absolute Gasteiger partial charge is 0.404 e. The van der Waals surface area contributed by atoms with Crippen molar-refractivity contribution in [1.29, 1.82) is 0 Å². The SMILES string of the molecule is CCOP(=O)(OCC)C(F)(F)c1cc(O)ccc1Br. The fraction of sp³-hybridized carbons (Fsp3) is 0.455. The van der Waals surface area contributed by atoms with Crippen LogP contribution in [-0.4, -0.2) is 18.3 Å². The zero-order valence-electron chi connectivity index (χ0n) is 10.4. The van der Waals surface area contributed by atoms with Gasteiger partial charge in [0.1, 0.15) is 5.75 Å². The first-order chi connectivity index (χ1) is 8.78. The summed E-state index contributed by atoms with van der Waals surface area (Å²) in [5.74, 6) is -0.363. The first-order valence-corrected chi connectivity index (χ1v) is 7.88. The zero-order valence-corrected chi connectivity index (χ0v) is 12.9. The lowest BCUT2D eigenvalue weighted by molar-refractivity contribution is 0.0353. The van der Waals surface area contributed by atoms with Gasteiger partial charge in [-0.15, -0.1) is 0 Å². The van der Waals surface area contributed by atoms with Crippen LogP contribution >= 0.6 is 23.5 Å². The molecule has 4 nitrogen and oxygen atoms in total. The van der Waals surface area contributed by atoms with Crippen LogP contribution in [0.2, 0.25) is 0 Å². The van der Waals surface area contributed by atoms with Gasteiger partial charge < -0.3 is 14.2 Å². The van der Waals surface area contributed by atoms with Crippen molar-refractivity contribution in [2.75, 3.05) is 13.2 Å². The number of hydrogen-bond acceptors (Lipinski definition) is 4. The Hall–Kier alpha value is -0.490. The Balaban J connectivity index is 3.33. The van der Waals surface area contributed by atoms with E-state index in [1.165, 1.54) is 26.0 Å². The van der Waals surface area contributed by atoms with Gasteiger partial charge in [-0.1, -0.05) is 15.9 Å². The molecule has 0 fully saturated rings. The summed E-state index contributed by atoms with van der Waals surface area (Å²) in [5, 5.41) is 9.30. The minimum absolute atomic E-state index is 0.00920. The maximum Gasteiger partial charge on any atom is 0.404 e. The van der Waals surface area contributed by atoms with Crippen LogP contribution in [0, 0.1) is 0 Å². The maximum absolute atomic E-state index is 14.4. The van der Waals surface area contributed by atoms with Crippen molar-refractivity contribution in [3.05, 3.63) is 28.2 Å². The summed E-state index contributed by atoms with van der Waals surface area (Å²) in [7, 11) is -4.67. The average Bonchev–Trinajstić information content (AvgIpc) is 2.32. The molecule has 1 aromatic carbocycles. The van der Waals surface area contributed by atoms with Crippen molar-refractivity contribution in [1.82, 2.24) is 0 Å². The molecule has 0 amide bonds. The molecule has 1 rings (SSSR count). The Labute approximate surface area is 118 Å². The van der Waals surface area contributed by atoms with E-state index in [4.69, 9.17) is 0 Å². The summed E-state index contributed by atoms with van der Waals surface area (Å²) >= 11 is 2.94. The first-order valence-electron chi connectivity index (χ1n) is 5.54. The lowest BCUT2D eigenvalue weighted by Gasteiger charge is -2.26. The minimum Gasteiger partial charge on any atom is -0.508 e. The summed E-state index contributed by atoms with van der Waals surface area (Å²) in [6.07, 6.45) is 0. The third kappa shape index (κ3) is 3.34. The van der Waals surface area contributed by atoms with E-state index in [1.54, 1.807) is 0 Å². The summed E-state index contributed by atoms with van der Waals surface area (Å²) in [6, 6.07) is 3.30. The van der Waals surface area contributed by atoms with Crippen LogP contribution in [-0.2, 0) is 19.3 Å². The third-order valence-electron chi connectivity index (χ3n) is 2.22. The predicted molar refractivity (Wildman–Crippen MR) is 70.6 cm³/mol. The second-order valence-electron chi connectivity index (χ2n) is 3.54. The van der Waals surface area contributed by atoms with Crippen LogP contribution in [0.25, 0.3) is 0 Å². The van der Waals surface area contributed by atoms with Crippen molar-refractivity contribution >= 4 is 23.5 Å². The van der Waals surface area contributed by atoms with Crippen molar-refractivity contribution in [2.24, 2.45) is 0 Å². The molecular weight excluding hydrogens is 345 g/mol. The molecule has 0 unspecified atom stereocenters. The highest BCUT2D eigenvalue weighted by atomic mass is 79.9. The molecule has 1 aromatic rings. The predicted octanol–water partition coefficient (Wildman–Crippen LogP) is 4.47. The highest BCUT2D eigenvalue weighted by molar-refractivity contribution is 9.10. The van der Waals surface area contributed by atoms with Gasteiger partial charge in [-0.3, -0.25) is 4.57 Å². The minimum atomic E-state index is -4.67. The van der Waals surface area contributed by atoms with Gasteiger partial charge in [-0.2, -0.15) is 8.78 Å². The third-order valence-corrected chi connectivity index (χ3v) is 5.03. The molecule has 8 heteroatoms. The Morgan fingerprint density at radius 1 is 1.32 bits per heavy atom. The maximum atomic E-state index is 14.4. The van der Waals surface area contributed by atoms with E-state index in [2.05, 4.69) is 25.0 Å². The fourth-order valence-electron chi connectivity index (χ4n) is 1.43. The van der Waals surface area contributed by atoms with Crippen LogP contribution in [0.1, 0.15) is 19.4 Å². The highest BCUT2D eigenvalue weighted by Gasteiger charge is 2.55. The van der Waals surface area contributed by atoms with E-state index in [9.17, 15) is 18.5 Å². The second kappa shape index (κ2) is 6.31. The molecule has 1 N–H and O–H groups in total. The Kier molecular flexibility index (Phi) is 5.50. The Bertz CT molecular complexity index is 486. The average molecular weight is 359 g/mol. The normalized spacial score (nSPS) is 12.7. The van der Waals surface area contributed by atoms with Crippen LogP contribution in [0.3, 0.4) is 0 Å². The van der Waals surface area contributed by atoms with E-state index in [-0.39, 0.29) is 23.4 Å². The number of hydrogen-bond donors (Lipinski definition) is 1. The van der Waals surface area contributed by atoms with Gasteiger partial charge in [0.15, 0.2) is 0 Å². The van der Waals surface area contributed by atoms with Gasteiger partial charge >= 0.3 is 13.3 Å².